The largest absolute Gasteiger partial charge is 0.453 e. The van der Waals surface area contributed by atoms with Crippen molar-refractivity contribution in [1.82, 2.24) is 14.9 Å². The second kappa shape index (κ2) is 3.66. The Morgan fingerprint density at radius 3 is 2.44 bits per heavy atom. The van der Waals surface area contributed by atoms with Crippen LogP contribution in [0.3, 0.4) is 0 Å². The van der Waals surface area contributed by atoms with Crippen LogP contribution in [0.15, 0.2) is 35.4 Å². The number of benzene rings is 1. The highest BCUT2D eigenvalue weighted by molar-refractivity contribution is 6.02. The first-order valence-corrected chi connectivity index (χ1v) is 5.20. The first-order valence-electron chi connectivity index (χ1n) is 5.20. The third-order valence-corrected chi connectivity index (χ3v) is 2.61. The Balaban J connectivity index is 2.03. The smallest absolute Gasteiger partial charge is 0.192 e. The lowest BCUT2D eigenvalue weighted by Gasteiger charge is -2.03. The number of alkyl halides is 3. The average Bonchev–Trinajstić information content (AvgIpc) is 2.87. The van der Waals surface area contributed by atoms with Crippen LogP contribution in [-0.2, 0) is 12.6 Å². The number of halogens is 3. The van der Waals surface area contributed by atoms with Gasteiger partial charge in [0.2, 0.25) is 0 Å². The van der Waals surface area contributed by atoms with Gasteiger partial charge in [-0.15, -0.1) is 10.2 Å². The number of nitrogens with zero attached hydrogens (tertiary/aromatic N) is 4. The fraction of sp³-hybridized carbons (Fsp3) is 0.182. The van der Waals surface area contributed by atoms with E-state index in [-0.39, 0.29) is 12.2 Å². The lowest BCUT2D eigenvalue weighted by molar-refractivity contribution is -0.147. The molecule has 92 valence electrons. The predicted molar refractivity (Wildman–Crippen MR) is 57.1 cm³/mol. The van der Waals surface area contributed by atoms with Crippen molar-refractivity contribution in [2.75, 3.05) is 0 Å². The van der Waals surface area contributed by atoms with Gasteiger partial charge in [-0.2, -0.15) is 22.9 Å². The van der Waals surface area contributed by atoms with E-state index < -0.39 is 12.0 Å². The van der Waals surface area contributed by atoms with Crippen LogP contribution in [0.25, 0.3) is 0 Å². The first kappa shape index (κ1) is 10.9. The Morgan fingerprint density at radius 2 is 1.78 bits per heavy atom. The van der Waals surface area contributed by atoms with E-state index in [9.17, 15) is 13.2 Å². The molecule has 0 unspecified atom stereocenters. The minimum Gasteiger partial charge on any atom is -0.192 e. The summed E-state index contributed by atoms with van der Waals surface area (Å²) in [6.45, 7) is 0. The lowest BCUT2D eigenvalue weighted by atomic mass is 10.1. The Kier molecular flexibility index (Phi) is 2.22. The maximum atomic E-state index is 12.6. The van der Waals surface area contributed by atoms with Crippen molar-refractivity contribution in [3.63, 3.8) is 0 Å². The molecule has 0 bridgehead atoms. The second-order valence-electron chi connectivity index (χ2n) is 3.84. The van der Waals surface area contributed by atoms with Crippen LogP contribution in [0.1, 0.15) is 17.2 Å². The van der Waals surface area contributed by atoms with E-state index in [4.69, 9.17) is 0 Å². The molecule has 0 amide bonds. The number of aromatic nitrogens is 3. The SMILES string of the molecule is FC(F)(F)c1nnc2n1N=C(c1ccccc1)C2. The van der Waals surface area contributed by atoms with Crippen LogP contribution in [0, 0.1) is 0 Å². The minimum atomic E-state index is -4.54. The zero-order chi connectivity index (χ0) is 12.8. The predicted octanol–water partition coefficient (Wildman–Crippen LogP) is 2.11. The topological polar surface area (TPSA) is 43.1 Å². The van der Waals surface area contributed by atoms with Gasteiger partial charge < -0.3 is 0 Å². The van der Waals surface area contributed by atoms with Crippen LogP contribution in [0.4, 0.5) is 13.2 Å². The van der Waals surface area contributed by atoms with Crippen LogP contribution >= 0.6 is 0 Å². The second-order valence-corrected chi connectivity index (χ2v) is 3.84. The van der Waals surface area contributed by atoms with E-state index in [1.54, 1.807) is 12.1 Å². The molecule has 0 aliphatic carbocycles. The van der Waals surface area contributed by atoms with E-state index in [0.717, 1.165) is 10.2 Å². The van der Waals surface area contributed by atoms with Gasteiger partial charge in [0.05, 0.1) is 12.1 Å². The zero-order valence-electron chi connectivity index (χ0n) is 9.02. The summed E-state index contributed by atoms with van der Waals surface area (Å²) in [4.78, 5) is 0. The monoisotopic (exact) mass is 252 g/mol. The van der Waals surface area contributed by atoms with Gasteiger partial charge >= 0.3 is 6.18 Å². The van der Waals surface area contributed by atoms with Crippen molar-refractivity contribution in [1.29, 1.82) is 0 Å². The molecule has 1 aliphatic rings. The number of hydrogen-bond donors (Lipinski definition) is 0. The van der Waals surface area contributed by atoms with Gasteiger partial charge in [-0.1, -0.05) is 30.3 Å². The first-order chi connectivity index (χ1) is 8.55. The van der Waals surface area contributed by atoms with Crippen molar-refractivity contribution in [2.24, 2.45) is 5.10 Å². The normalized spacial score (nSPS) is 14.5. The van der Waals surface area contributed by atoms with Crippen LogP contribution < -0.4 is 0 Å². The van der Waals surface area contributed by atoms with Crippen LogP contribution in [0.2, 0.25) is 0 Å². The van der Waals surface area contributed by atoms with Crippen molar-refractivity contribution in [3.05, 3.63) is 47.5 Å². The van der Waals surface area contributed by atoms with E-state index in [2.05, 4.69) is 15.3 Å². The summed E-state index contributed by atoms with van der Waals surface area (Å²) in [5.74, 6) is -0.871. The fourth-order valence-corrected chi connectivity index (χ4v) is 1.80. The highest BCUT2D eigenvalue weighted by Crippen LogP contribution is 2.30. The third kappa shape index (κ3) is 1.68. The van der Waals surface area contributed by atoms with Crippen molar-refractivity contribution in [2.45, 2.75) is 12.6 Å². The van der Waals surface area contributed by atoms with Gasteiger partial charge in [0, 0.05) is 0 Å². The van der Waals surface area contributed by atoms with Gasteiger partial charge in [-0.05, 0) is 5.56 Å². The standard InChI is InChI=1S/C11H7F3N4/c12-11(13,14)10-16-15-9-6-8(17-18(9)10)7-4-2-1-3-5-7/h1-5H,6H2. The van der Waals surface area contributed by atoms with Gasteiger partial charge in [0.15, 0.2) is 5.82 Å². The van der Waals surface area contributed by atoms with Gasteiger partial charge in [-0.3, -0.25) is 0 Å². The van der Waals surface area contributed by atoms with E-state index >= 15 is 0 Å². The molecule has 0 spiro atoms. The molecule has 0 fully saturated rings. The Hall–Kier alpha value is -2.18. The Bertz CT molecular complexity index is 613. The fourth-order valence-electron chi connectivity index (χ4n) is 1.80. The number of rotatable bonds is 1. The summed E-state index contributed by atoms with van der Waals surface area (Å²) < 4.78 is 38.6. The summed E-state index contributed by atoms with van der Waals surface area (Å²) >= 11 is 0. The summed E-state index contributed by atoms with van der Waals surface area (Å²) in [6.07, 6.45) is -4.28. The molecule has 0 saturated heterocycles. The molecule has 2 aromatic rings. The Morgan fingerprint density at radius 1 is 1.06 bits per heavy atom. The summed E-state index contributed by atoms with van der Waals surface area (Å²) in [6, 6.07) is 9.04. The van der Waals surface area contributed by atoms with Gasteiger partial charge in [0.25, 0.3) is 5.82 Å². The number of hydrogen-bond acceptors (Lipinski definition) is 3. The van der Waals surface area contributed by atoms with E-state index in [1.165, 1.54) is 0 Å². The quantitative estimate of drug-likeness (QED) is 0.780. The maximum Gasteiger partial charge on any atom is 0.453 e. The van der Waals surface area contributed by atoms with Gasteiger partial charge in [0.1, 0.15) is 0 Å². The summed E-state index contributed by atoms with van der Waals surface area (Å²) in [5, 5.41) is 10.6. The molecule has 4 nitrogen and oxygen atoms in total. The molecular weight excluding hydrogens is 245 g/mol. The maximum absolute atomic E-state index is 12.6. The molecule has 7 heteroatoms. The molecule has 18 heavy (non-hydrogen) atoms. The lowest BCUT2D eigenvalue weighted by Crippen LogP contribution is -2.12. The van der Waals surface area contributed by atoms with E-state index in [0.29, 0.717) is 5.71 Å². The molecule has 0 atom stereocenters. The van der Waals surface area contributed by atoms with Crippen LogP contribution in [0.5, 0.6) is 0 Å². The molecular formula is C11H7F3N4. The highest BCUT2D eigenvalue weighted by Gasteiger charge is 2.40. The van der Waals surface area contributed by atoms with E-state index in [1.807, 2.05) is 18.2 Å². The van der Waals surface area contributed by atoms with Crippen molar-refractivity contribution >= 4 is 5.71 Å². The Labute approximate surface area is 99.8 Å². The molecule has 1 aliphatic heterocycles. The molecule has 0 saturated carbocycles. The molecule has 0 N–H and O–H groups in total. The van der Waals surface area contributed by atoms with Crippen molar-refractivity contribution in [3.8, 4) is 0 Å². The molecule has 2 heterocycles. The minimum absolute atomic E-state index is 0.209. The molecule has 1 aromatic heterocycles. The van der Waals surface area contributed by atoms with Crippen molar-refractivity contribution < 1.29 is 13.2 Å². The van der Waals surface area contributed by atoms with Crippen LogP contribution in [-0.4, -0.2) is 20.6 Å². The van der Waals surface area contributed by atoms with Gasteiger partial charge in [-0.25, -0.2) is 0 Å². The highest BCUT2D eigenvalue weighted by atomic mass is 19.4. The molecule has 1 aromatic carbocycles. The molecule has 0 radical (unpaired) electrons. The average molecular weight is 252 g/mol. The number of fused-ring (bicyclic) bond motifs is 1. The summed E-state index contributed by atoms with van der Waals surface area (Å²) in [7, 11) is 0. The summed E-state index contributed by atoms with van der Waals surface area (Å²) in [5.41, 5.74) is 1.35. The third-order valence-electron chi connectivity index (χ3n) is 2.61. The zero-order valence-corrected chi connectivity index (χ0v) is 9.02. The molecule has 3 rings (SSSR count).